The first-order valence-electron chi connectivity index (χ1n) is 6.04. The van der Waals surface area contributed by atoms with Gasteiger partial charge in [0.05, 0.1) is 0 Å². The number of ketones is 1. The van der Waals surface area contributed by atoms with Crippen LogP contribution in [0.5, 0.6) is 0 Å². The van der Waals surface area contributed by atoms with Crippen molar-refractivity contribution in [3.8, 4) is 0 Å². The maximum Gasteiger partial charge on any atom is 0.199 e. The van der Waals surface area contributed by atoms with Crippen molar-refractivity contribution in [2.75, 3.05) is 0 Å². The fourth-order valence-corrected chi connectivity index (χ4v) is 2.73. The zero-order chi connectivity index (χ0) is 12.8. The molecule has 0 saturated heterocycles. The summed E-state index contributed by atoms with van der Waals surface area (Å²) < 4.78 is 0. The highest BCUT2D eigenvalue weighted by Gasteiger charge is 2.45. The van der Waals surface area contributed by atoms with Crippen LogP contribution in [0.1, 0.15) is 27.0 Å². The van der Waals surface area contributed by atoms with Gasteiger partial charge in [0, 0.05) is 12.0 Å². The van der Waals surface area contributed by atoms with Crippen LogP contribution in [0.2, 0.25) is 0 Å². The minimum atomic E-state index is -1.39. The van der Waals surface area contributed by atoms with Crippen molar-refractivity contribution >= 4 is 5.78 Å². The fourth-order valence-electron chi connectivity index (χ4n) is 2.73. The Morgan fingerprint density at radius 3 is 2.44 bits per heavy atom. The Bertz CT molecular complexity index is 630. The average Bonchev–Trinajstić information content (AvgIpc) is 2.64. The van der Waals surface area contributed by atoms with Crippen LogP contribution in [0, 0.1) is 6.92 Å². The second kappa shape index (κ2) is 3.79. The van der Waals surface area contributed by atoms with Crippen LogP contribution in [0.15, 0.2) is 48.5 Å². The van der Waals surface area contributed by atoms with E-state index in [1.54, 1.807) is 6.07 Å². The van der Waals surface area contributed by atoms with Crippen molar-refractivity contribution in [1.82, 2.24) is 0 Å². The first kappa shape index (κ1) is 11.2. The lowest BCUT2D eigenvalue weighted by Crippen LogP contribution is -2.33. The number of aliphatic hydroxyl groups is 1. The molecular weight excluding hydrogens is 224 g/mol. The molecule has 1 aliphatic rings. The Kier molecular flexibility index (Phi) is 2.35. The Morgan fingerprint density at radius 2 is 1.72 bits per heavy atom. The molecule has 1 unspecified atom stereocenters. The number of hydrogen-bond acceptors (Lipinski definition) is 2. The highest BCUT2D eigenvalue weighted by molar-refractivity contribution is 6.07. The van der Waals surface area contributed by atoms with Crippen molar-refractivity contribution in [2.45, 2.75) is 18.9 Å². The van der Waals surface area contributed by atoms with Crippen LogP contribution in [0.25, 0.3) is 0 Å². The van der Waals surface area contributed by atoms with E-state index in [1.807, 2.05) is 49.4 Å². The molecule has 3 rings (SSSR count). The molecule has 2 aromatic rings. The van der Waals surface area contributed by atoms with E-state index in [1.165, 1.54) is 0 Å². The lowest BCUT2D eigenvalue weighted by atomic mass is 9.87. The Morgan fingerprint density at radius 1 is 1.06 bits per heavy atom. The smallest absolute Gasteiger partial charge is 0.199 e. The minimum absolute atomic E-state index is 0.188. The van der Waals surface area contributed by atoms with Gasteiger partial charge in [-0.25, -0.2) is 0 Å². The molecule has 1 aliphatic carbocycles. The molecule has 2 heteroatoms. The van der Waals surface area contributed by atoms with E-state index in [9.17, 15) is 9.90 Å². The summed E-state index contributed by atoms with van der Waals surface area (Å²) in [6.45, 7) is 1.92. The third-order valence-electron chi connectivity index (χ3n) is 3.67. The molecule has 2 aromatic carbocycles. The zero-order valence-corrected chi connectivity index (χ0v) is 10.2. The van der Waals surface area contributed by atoms with Gasteiger partial charge >= 0.3 is 0 Å². The number of rotatable bonds is 1. The number of hydrogen-bond donors (Lipinski definition) is 1. The number of carbonyl (C=O) groups excluding carboxylic acids is 1. The maximum atomic E-state index is 12.4. The third kappa shape index (κ3) is 1.42. The minimum Gasteiger partial charge on any atom is -0.377 e. The molecule has 0 spiro atoms. The predicted octanol–water partition coefficient (Wildman–Crippen LogP) is 2.62. The molecule has 0 amide bonds. The molecule has 0 bridgehead atoms. The van der Waals surface area contributed by atoms with E-state index in [2.05, 4.69) is 0 Å². The van der Waals surface area contributed by atoms with Crippen molar-refractivity contribution in [3.63, 3.8) is 0 Å². The van der Waals surface area contributed by atoms with Gasteiger partial charge in [-0.05, 0) is 23.6 Å². The van der Waals surface area contributed by atoms with Crippen molar-refractivity contribution in [1.29, 1.82) is 0 Å². The number of benzene rings is 2. The van der Waals surface area contributed by atoms with Gasteiger partial charge in [0.25, 0.3) is 0 Å². The molecule has 0 heterocycles. The Balaban J connectivity index is 2.15. The first-order valence-corrected chi connectivity index (χ1v) is 6.04. The highest BCUT2D eigenvalue weighted by atomic mass is 16.3. The number of carbonyl (C=O) groups is 1. The van der Waals surface area contributed by atoms with Gasteiger partial charge in [-0.1, -0.05) is 48.5 Å². The number of fused-ring (bicyclic) bond motifs is 1. The van der Waals surface area contributed by atoms with Crippen LogP contribution in [-0.2, 0) is 12.0 Å². The fraction of sp³-hybridized carbons (Fsp3) is 0.188. The number of Topliss-reactive ketones (excluding diaryl/α,β-unsaturated/α-hetero) is 1. The van der Waals surface area contributed by atoms with Crippen LogP contribution in [0.3, 0.4) is 0 Å². The lowest BCUT2D eigenvalue weighted by molar-refractivity contribution is 0.0352. The number of aryl methyl sites for hydroxylation is 1. The normalized spacial score (nSPS) is 22.0. The summed E-state index contributed by atoms with van der Waals surface area (Å²) in [5.41, 5.74) is 1.83. The molecule has 0 aromatic heterocycles. The lowest BCUT2D eigenvalue weighted by Gasteiger charge is -2.23. The second-order valence-corrected chi connectivity index (χ2v) is 4.84. The summed E-state index contributed by atoms with van der Waals surface area (Å²) in [5, 5.41) is 10.8. The highest BCUT2D eigenvalue weighted by Crippen LogP contribution is 2.38. The van der Waals surface area contributed by atoms with Gasteiger partial charge in [0.1, 0.15) is 0 Å². The van der Waals surface area contributed by atoms with E-state index in [0.717, 1.165) is 11.1 Å². The van der Waals surface area contributed by atoms with E-state index >= 15 is 0 Å². The Labute approximate surface area is 106 Å². The average molecular weight is 238 g/mol. The predicted molar refractivity (Wildman–Crippen MR) is 69.6 cm³/mol. The van der Waals surface area contributed by atoms with Crippen molar-refractivity contribution in [3.05, 3.63) is 70.8 Å². The standard InChI is InChI=1S/C16H14O2/c1-11-6-2-5-9-14(11)16(18)10-12-7-3-4-8-13(12)15(16)17/h2-9,18H,10H2,1H3. The van der Waals surface area contributed by atoms with Gasteiger partial charge in [-0.15, -0.1) is 0 Å². The molecule has 0 saturated carbocycles. The summed E-state index contributed by atoms with van der Waals surface area (Å²) >= 11 is 0. The summed E-state index contributed by atoms with van der Waals surface area (Å²) in [6.07, 6.45) is 0.368. The SMILES string of the molecule is Cc1ccccc1C1(O)Cc2ccccc2C1=O. The van der Waals surface area contributed by atoms with E-state index in [0.29, 0.717) is 17.5 Å². The molecule has 1 atom stereocenters. The first-order chi connectivity index (χ1) is 8.63. The van der Waals surface area contributed by atoms with Crippen LogP contribution in [0.4, 0.5) is 0 Å². The largest absolute Gasteiger partial charge is 0.377 e. The summed E-state index contributed by atoms with van der Waals surface area (Å²) in [7, 11) is 0. The van der Waals surface area contributed by atoms with Crippen molar-refractivity contribution in [2.24, 2.45) is 0 Å². The van der Waals surface area contributed by atoms with Crippen molar-refractivity contribution < 1.29 is 9.90 Å². The molecule has 18 heavy (non-hydrogen) atoms. The van der Waals surface area contributed by atoms with E-state index in [-0.39, 0.29) is 5.78 Å². The third-order valence-corrected chi connectivity index (χ3v) is 3.67. The zero-order valence-electron chi connectivity index (χ0n) is 10.2. The molecule has 0 aliphatic heterocycles. The Hall–Kier alpha value is -1.93. The van der Waals surface area contributed by atoms with Crippen LogP contribution >= 0.6 is 0 Å². The van der Waals surface area contributed by atoms with E-state index in [4.69, 9.17) is 0 Å². The van der Waals surface area contributed by atoms with Gasteiger partial charge in [0.15, 0.2) is 11.4 Å². The van der Waals surface area contributed by atoms with Gasteiger partial charge < -0.3 is 5.11 Å². The molecule has 0 fully saturated rings. The van der Waals surface area contributed by atoms with Crippen LogP contribution in [-0.4, -0.2) is 10.9 Å². The monoisotopic (exact) mass is 238 g/mol. The quantitative estimate of drug-likeness (QED) is 0.829. The molecule has 90 valence electrons. The topological polar surface area (TPSA) is 37.3 Å². The van der Waals surface area contributed by atoms with Gasteiger partial charge in [0.2, 0.25) is 0 Å². The molecule has 0 radical (unpaired) electrons. The van der Waals surface area contributed by atoms with E-state index < -0.39 is 5.60 Å². The summed E-state index contributed by atoms with van der Waals surface area (Å²) in [5.74, 6) is -0.188. The van der Waals surface area contributed by atoms with Crippen LogP contribution < -0.4 is 0 Å². The maximum absolute atomic E-state index is 12.4. The molecule has 2 nitrogen and oxygen atoms in total. The molecule has 1 N–H and O–H groups in total. The second-order valence-electron chi connectivity index (χ2n) is 4.84. The van der Waals surface area contributed by atoms with Gasteiger partial charge in [-0.3, -0.25) is 4.79 Å². The molecular formula is C16H14O2. The van der Waals surface area contributed by atoms with Gasteiger partial charge in [-0.2, -0.15) is 0 Å². The summed E-state index contributed by atoms with van der Waals surface area (Å²) in [4.78, 5) is 12.4. The summed E-state index contributed by atoms with van der Waals surface area (Å²) in [6, 6.07) is 14.9.